The predicted octanol–water partition coefficient (Wildman–Crippen LogP) is 3.81. The number of rotatable bonds is 4. The van der Waals surface area contributed by atoms with Gasteiger partial charge in [0.2, 0.25) is 0 Å². The van der Waals surface area contributed by atoms with Gasteiger partial charge in [-0.05, 0) is 44.9 Å². The molecule has 0 aromatic carbocycles. The average Bonchev–Trinajstić information content (AvgIpc) is 2.78. The highest BCUT2D eigenvalue weighted by molar-refractivity contribution is 4.91. The van der Waals surface area contributed by atoms with E-state index in [0.717, 1.165) is 38.5 Å². The van der Waals surface area contributed by atoms with Crippen molar-refractivity contribution in [3.8, 4) is 0 Å². The van der Waals surface area contributed by atoms with Crippen molar-refractivity contribution < 1.29 is 9.84 Å². The lowest BCUT2D eigenvalue weighted by molar-refractivity contribution is -0.140. The summed E-state index contributed by atoms with van der Waals surface area (Å²) < 4.78 is 6.43. The van der Waals surface area contributed by atoms with Crippen molar-refractivity contribution in [3.05, 3.63) is 0 Å². The van der Waals surface area contributed by atoms with Gasteiger partial charge in [-0.3, -0.25) is 0 Å². The van der Waals surface area contributed by atoms with Crippen molar-refractivity contribution in [2.45, 2.75) is 95.4 Å². The van der Waals surface area contributed by atoms with E-state index >= 15 is 0 Å². The number of hydrogen-bond acceptors (Lipinski definition) is 2. The van der Waals surface area contributed by atoms with Crippen LogP contribution in [-0.4, -0.2) is 22.4 Å². The van der Waals surface area contributed by atoms with E-state index in [1.165, 1.54) is 25.7 Å². The van der Waals surface area contributed by atoms with Crippen molar-refractivity contribution in [1.29, 1.82) is 0 Å². The fraction of sp³-hybridized carbons (Fsp3) is 1.00. The van der Waals surface area contributed by atoms with Gasteiger partial charge in [0, 0.05) is 6.42 Å². The van der Waals surface area contributed by atoms with Gasteiger partial charge in [0.05, 0.1) is 17.3 Å². The number of ether oxygens (including phenoxy) is 1. The molecule has 2 unspecified atom stereocenters. The molecule has 0 spiro atoms. The molecule has 2 aliphatic rings. The van der Waals surface area contributed by atoms with Crippen LogP contribution in [0.2, 0.25) is 0 Å². The highest BCUT2D eigenvalue weighted by atomic mass is 16.5. The van der Waals surface area contributed by atoms with E-state index in [1.54, 1.807) is 0 Å². The first-order valence-electron chi connectivity index (χ1n) is 7.52. The zero-order valence-electron chi connectivity index (χ0n) is 11.5. The first-order chi connectivity index (χ1) is 8.11. The third-order valence-electron chi connectivity index (χ3n) is 5.01. The molecular weight excluding hydrogens is 212 g/mol. The van der Waals surface area contributed by atoms with E-state index in [9.17, 15) is 5.11 Å². The van der Waals surface area contributed by atoms with Crippen LogP contribution in [0.5, 0.6) is 0 Å². The van der Waals surface area contributed by atoms with Crippen molar-refractivity contribution in [2.24, 2.45) is 0 Å². The second-order valence-electron chi connectivity index (χ2n) is 6.16. The van der Waals surface area contributed by atoms with Crippen molar-refractivity contribution in [1.82, 2.24) is 0 Å². The molecule has 2 atom stereocenters. The minimum absolute atomic E-state index is 0.149. The summed E-state index contributed by atoms with van der Waals surface area (Å²) in [7, 11) is 0. The second kappa shape index (κ2) is 5.27. The van der Waals surface area contributed by atoms with Gasteiger partial charge in [0.25, 0.3) is 0 Å². The Morgan fingerprint density at radius 3 is 2.35 bits per heavy atom. The zero-order chi connectivity index (χ0) is 12.4. The first-order valence-corrected chi connectivity index (χ1v) is 7.52. The molecule has 100 valence electrons. The third-order valence-corrected chi connectivity index (χ3v) is 5.01. The first kappa shape index (κ1) is 13.4. The summed E-state index contributed by atoms with van der Waals surface area (Å²) in [6.45, 7) is 4.34. The molecule has 2 aliphatic carbocycles. The van der Waals surface area contributed by atoms with Crippen LogP contribution in [0, 0.1) is 0 Å². The highest BCUT2D eigenvalue weighted by Crippen LogP contribution is 2.41. The summed E-state index contributed by atoms with van der Waals surface area (Å²) in [4.78, 5) is 0. The van der Waals surface area contributed by atoms with E-state index in [1.807, 2.05) is 0 Å². The molecule has 0 aromatic rings. The maximum absolute atomic E-state index is 10.4. The smallest absolute Gasteiger partial charge is 0.0683 e. The van der Waals surface area contributed by atoms with Crippen LogP contribution in [0.15, 0.2) is 0 Å². The van der Waals surface area contributed by atoms with E-state index in [0.29, 0.717) is 6.10 Å². The van der Waals surface area contributed by atoms with Gasteiger partial charge in [0.15, 0.2) is 0 Å². The molecule has 0 saturated heterocycles. The van der Waals surface area contributed by atoms with Crippen LogP contribution in [0.25, 0.3) is 0 Å². The minimum Gasteiger partial charge on any atom is -0.390 e. The molecule has 0 radical (unpaired) electrons. The molecule has 0 amide bonds. The highest BCUT2D eigenvalue weighted by Gasteiger charge is 2.39. The summed E-state index contributed by atoms with van der Waals surface area (Å²) in [5.74, 6) is 0. The molecule has 2 heteroatoms. The van der Waals surface area contributed by atoms with E-state index in [4.69, 9.17) is 4.74 Å². The van der Waals surface area contributed by atoms with Crippen LogP contribution < -0.4 is 0 Å². The van der Waals surface area contributed by atoms with E-state index in [-0.39, 0.29) is 5.60 Å². The topological polar surface area (TPSA) is 29.5 Å². The second-order valence-corrected chi connectivity index (χ2v) is 6.16. The van der Waals surface area contributed by atoms with Crippen molar-refractivity contribution in [2.75, 3.05) is 0 Å². The summed E-state index contributed by atoms with van der Waals surface area (Å²) in [6, 6.07) is 0. The molecule has 2 fully saturated rings. The fourth-order valence-electron chi connectivity index (χ4n) is 3.64. The molecule has 0 aromatic heterocycles. The Balaban J connectivity index is 1.94. The Morgan fingerprint density at radius 1 is 1.06 bits per heavy atom. The van der Waals surface area contributed by atoms with Crippen LogP contribution in [0.4, 0.5) is 0 Å². The Hall–Kier alpha value is -0.0800. The molecule has 0 bridgehead atoms. The Kier molecular flexibility index (Phi) is 4.14. The number of aliphatic hydroxyl groups is 1. The normalized spacial score (nSPS) is 37.2. The summed E-state index contributed by atoms with van der Waals surface area (Å²) in [5, 5.41) is 10.4. The van der Waals surface area contributed by atoms with Crippen LogP contribution in [0.1, 0.15) is 78.1 Å². The average molecular weight is 240 g/mol. The fourth-order valence-corrected chi connectivity index (χ4v) is 3.64. The van der Waals surface area contributed by atoms with Crippen molar-refractivity contribution >= 4 is 0 Å². The standard InChI is InChI=1S/C15H28O2/c1-3-14(16)9-7-8-13(12-14)17-15(4-2)10-5-6-11-15/h13,16H,3-12H2,1-2H3. The van der Waals surface area contributed by atoms with Gasteiger partial charge in [-0.1, -0.05) is 26.7 Å². The third kappa shape index (κ3) is 3.03. The summed E-state index contributed by atoms with van der Waals surface area (Å²) in [5.41, 5.74) is -0.299. The Labute approximate surface area is 106 Å². The van der Waals surface area contributed by atoms with Crippen LogP contribution in [-0.2, 0) is 4.74 Å². The maximum Gasteiger partial charge on any atom is 0.0683 e. The maximum atomic E-state index is 10.4. The molecule has 0 aliphatic heterocycles. The van der Waals surface area contributed by atoms with E-state index < -0.39 is 5.60 Å². The van der Waals surface area contributed by atoms with Crippen LogP contribution in [0.3, 0.4) is 0 Å². The summed E-state index contributed by atoms with van der Waals surface area (Å²) in [6.07, 6.45) is 11.5. The molecule has 17 heavy (non-hydrogen) atoms. The Morgan fingerprint density at radius 2 is 1.76 bits per heavy atom. The minimum atomic E-state index is -0.448. The predicted molar refractivity (Wildman–Crippen MR) is 70.1 cm³/mol. The zero-order valence-corrected chi connectivity index (χ0v) is 11.5. The SMILES string of the molecule is CCC1(O)CCCC(OC2(CC)CCCC2)C1. The van der Waals surface area contributed by atoms with Gasteiger partial charge in [0.1, 0.15) is 0 Å². The van der Waals surface area contributed by atoms with Gasteiger partial charge in [-0.2, -0.15) is 0 Å². The van der Waals surface area contributed by atoms with Crippen LogP contribution >= 0.6 is 0 Å². The molecule has 2 saturated carbocycles. The Bertz CT molecular complexity index is 245. The lowest BCUT2D eigenvalue weighted by Crippen LogP contribution is -2.42. The quantitative estimate of drug-likeness (QED) is 0.809. The van der Waals surface area contributed by atoms with E-state index in [2.05, 4.69) is 13.8 Å². The molecule has 2 nitrogen and oxygen atoms in total. The summed E-state index contributed by atoms with van der Waals surface area (Å²) >= 11 is 0. The molecule has 1 N–H and O–H groups in total. The largest absolute Gasteiger partial charge is 0.390 e. The van der Waals surface area contributed by atoms with Crippen molar-refractivity contribution in [3.63, 3.8) is 0 Å². The monoisotopic (exact) mass is 240 g/mol. The van der Waals surface area contributed by atoms with Gasteiger partial charge in [-0.25, -0.2) is 0 Å². The molecule has 0 heterocycles. The molecular formula is C15H28O2. The van der Waals surface area contributed by atoms with Gasteiger partial charge >= 0.3 is 0 Å². The lowest BCUT2D eigenvalue weighted by Gasteiger charge is -2.40. The van der Waals surface area contributed by atoms with Gasteiger partial charge < -0.3 is 9.84 Å². The number of hydrogen-bond donors (Lipinski definition) is 1. The lowest BCUT2D eigenvalue weighted by atomic mass is 9.81. The van der Waals surface area contributed by atoms with Gasteiger partial charge in [-0.15, -0.1) is 0 Å². The molecule has 2 rings (SSSR count).